The van der Waals surface area contributed by atoms with E-state index in [1.54, 1.807) is 0 Å². The predicted octanol–water partition coefficient (Wildman–Crippen LogP) is 3.72. The number of rotatable bonds is 5. The molecule has 2 N–H and O–H groups in total. The van der Waals surface area contributed by atoms with Crippen LogP contribution in [0.5, 0.6) is 0 Å². The Balaban J connectivity index is 2.34. The molecule has 1 rings (SSSR count). The first-order chi connectivity index (χ1) is 6.77. The molecule has 0 spiro atoms. The van der Waals surface area contributed by atoms with Gasteiger partial charge < -0.3 is 5.73 Å². The van der Waals surface area contributed by atoms with Crippen molar-refractivity contribution in [2.24, 2.45) is 17.6 Å². The number of nitrogens with two attached hydrogens (primary N) is 1. The van der Waals surface area contributed by atoms with Gasteiger partial charge >= 0.3 is 0 Å². The van der Waals surface area contributed by atoms with Crippen LogP contribution in [-0.4, -0.2) is 6.04 Å². The van der Waals surface area contributed by atoms with Gasteiger partial charge in [-0.05, 0) is 37.5 Å². The van der Waals surface area contributed by atoms with Crippen molar-refractivity contribution in [3.05, 3.63) is 0 Å². The topological polar surface area (TPSA) is 26.0 Å². The molecule has 84 valence electrons. The van der Waals surface area contributed by atoms with Crippen molar-refractivity contribution in [2.45, 2.75) is 71.3 Å². The predicted molar refractivity (Wildman–Crippen MR) is 63.2 cm³/mol. The van der Waals surface area contributed by atoms with E-state index in [-0.39, 0.29) is 0 Å². The van der Waals surface area contributed by atoms with Crippen LogP contribution >= 0.6 is 0 Å². The van der Waals surface area contributed by atoms with E-state index in [1.807, 2.05) is 0 Å². The van der Waals surface area contributed by atoms with Crippen molar-refractivity contribution in [3.8, 4) is 0 Å². The summed E-state index contributed by atoms with van der Waals surface area (Å²) in [6.45, 7) is 4.63. The summed E-state index contributed by atoms with van der Waals surface area (Å²) < 4.78 is 0. The summed E-state index contributed by atoms with van der Waals surface area (Å²) in [6.07, 6.45) is 10.9. The number of hydrogen-bond acceptors (Lipinski definition) is 1. The molecule has 0 bridgehead atoms. The molecule has 0 radical (unpaired) electrons. The summed E-state index contributed by atoms with van der Waals surface area (Å²) >= 11 is 0. The molecule has 0 aromatic carbocycles. The second-order valence-corrected chi connectivity index (χ2v) is 5.01. The second kappa shape index (κ2) is 6.44. The Morgan fingerprint density at radius 1 is 1.00 bits per heavy atom. The van der Waals surface area contributed by atoms with Gasteiger partial charge in [0.15, 0.2) is 0 Å². The van der Waals surface area contributed by atoms with Gasteiger partial charge in [-0.2, -0.15) is 0 Å². The summed E-state index contributed by atoms with van der Waals surface area (Å²) in [5, 5.41) is 0. The van der Waals surface area contributed by atoms with Gasteiger partial charge in [0.25, 0.3) is 0 Å². The minimum atomic E-state index is 0.509. The quantitative estimate of drug-likeness (QED) is 0.714. The minimum absolute atomic E-state index is 0.509. The Kier molecular flexibility index (Phi) is 5.54. The molecule has 0 aromatic heterocycles. The molecular formula is C13H27N. The van der Waals surface area contributed by atoms with Crippen molar-refractivity contribution in [1.29, 1.82) is 0 Å². The SMILES string of the molecule is CCCC(CCC)C1CCC(N)CC1. The van der Waals surface area contributed by atoms with Crippen molar-refractivity contribution in [3.63, 3.8) is 0 Å². The Morgan fingerprint density at radius 3 is 1.93 bits per heavy atom. The third-order valence-electron chi connectivity index (χ3n) is 3.80. The van der Waals surface area contributed by atoms with Crippen LogP contribution in [0, 0.1) is 11.8 Å². The third kappa shape index (κ3) is 3.61. The lowest BCUT2D eigenvalue weighted by Crippen LogP contribution is -2.29. The molecule has 0 amide bonds. The Labute approximate surface area is 89.5 Å². The van der Waals surface area contributed by atoms with Crippen LogP contribution in [0.2, 0.25) is 0 Å². The van der Waals surface area contributed by atoms with E-state index in [1.165, 1.54) is 51.4 Å². The highest BCUT2D eigenvalue weighted by molar-refractivity contribution is 4.79. The van der Waals surface area contributed by atoms with Gasteiger partial charge in [-0.1, -0.05) is 39.5 Å². The van der Waals surface area contributed by atoms with Gasteiger partial charge in [-0.15, -0.1) is 0 Å². The monoisotopic (exact) mass is 197 g/mol. The normalized spacial score (nSPS) is 28.3. The molecule has 0 heterocycles. The lowest BCUT2D eigenvalue weighted by molar-refractivity contribution is 0.209. The number of hydrogen-bond donors (Lipinski definition) is 1. The molecule has 14 heavy (non-hydrogen) atoms. The van der Waals surface area contributed by atoms with Gasteiger partial charge in [0.2, 0.25) is 0 Å². The molecular weight excluding hydrogens is 170 g/mol. The molecule has 1 aliphatic carbocycles. The van der Waals surface area contributed by atoms with E-state index in [9.17, 15) is 0 Å². The highest BCUT2D eigenvalue weighted by Gasteiger charge is 2.24. The average Bonchev–Trinajstić information content (AvgIpc) is 2.19. The third-order valence-corrected chi connectivity index (χ3v) is 3.80. The fourth-order valence-electron chi connectivity index (χ4n) is 2.97. The van der Waals surface area contributed by atoms with Crippen LogP contribution in [0.4, 0.5) is 0 Å². The summed E-state index contributed by atoms with van der Waals surface area (Å²) in [7, 11) is 0. The van der Waals surface area contributed by atoms with Crippen LogP contribution in [0.15, 0.2) is 0 Å². The maximum Gasteiger partial charge on any atom is 0.00390 e. The zero-order valence-corrected chi connectivity index (χ0v) is 9.97. The minimum Gasteiger partial charge on any atom is -0.328 e. The van der Waals surface area contributed by atoms with Gasteiger partial charge in [-0.3, -0.25) is 0 Å². The Morgan fingerprint density at radius 2 is 1.50 bits per heavy atom. The molecule has 0 aliphatic heterocycles. The zero-order chi connectivity index (χ0) is 10.4. The summed E-state index contributed by atoms with van der Waals surface area (Å²) in [6, 6.07) is 0.509. The maximum absolute atomic E-state index is 5.95. The van der Waals surface area contributed by atoms with Crippen LogP contribution in [0.25, 0.3) is 0 Å². The molecule has 1 heteroatoms. The van der Waals surface area contributed by atoms with Gasteiger partial charge in [0.1, 0.15) is 0 Å². The highest BCUT2D eigenvalue weighted by Crippen LogP contribution is 2.34. The van der Waals surface area contributed by atoms with E-state index >= 15 is 0 Å². The molecule has 0 saturated heterocycles. The molecule has 0 unspecified atom stereocenters. The van der Waals surface area contributed by atoms with Gasteiger partial charge in [0, 0.05) is 6.04 Å². The van der Waals surface area contributed by atoms with Crippen molar-refractivity contribution >= 4 is 0 Å². The van der Waals surface area contributed by atoms with Crippen LogP contribution in [-0.2, 0) is 0 Å². The first-order valence-corrected chi connectivity index (χ1v) is 6.53. The highest BCUT2D eigenvalue weighted by atomic mass is 14.6. The van der Waals surface area contributed by atoms with Crippen LogP contribution in [0.3, 0.4) is 0 Å². The van der Waals surface area contributed by atoms with E-state index in [2.05, 4.69) is 13.8 Å². The van der Waals surface area contributed by atoms with Crippen molar-refractivity contribution in [2.75, 3.05) is 0 Å². The lowest BCUT2D eigenvalue weighted by Gasteiger charge is -2.32. The second-order valence-electron chi connectivity index (χ2n) is 5.01. The Hall–Kier alpha value is -0.0400. The smallest absolute Gasteiger partial charge is 0.00390 e. The fraction of sp³-hybridized carbons (Fsp3) is 1.00. The average molecular weight is 197 g/mol. The van der Waals surface area contributed by atoms with Gasteiger partial charge in [0.05, 0.1) is 0 Å². The summed E-state index contributed by atoms with van der Waals surface area (Å²) in [5.41, 5.74) is 5.95. The lowest BCUT2D eigenvalue weighted by atomic mass is 9.75. The first-order valence-electron chi connectivity index (χ1n) is 6.53. The van der Waals surface area contributed by atoms with Crippen molar-refractivity contribution in [1.82, 2.24) is 0 Å². The molecule has 1 nitrogen and oxygen atoms in total. The van der Waals surface area contributed by atoms with Gasteiger partial charge in [-0.25, -0.2) is 0 Å². The summed E-state index contributed by atoms with van der Waals surface area (Å²) in [5.74, 6) is 1.99. The van der Waals surface area contributed by atoms with Crippen LogP contribution < -0.4 is 5.73 Å². The molecule has 1 saturated carbocycles. The molecule has 1 fully saturated rings. The van der Waals surface area contributed by atoms with E-state index in [4.69, 9.17) is 5.73 Å². The molecule has 1 aliphatic rings. The summed E-state index contributed by atoms with van der Waals surface area (Å²) in [4.78, 5) is 0. The van der Waals surface area contributed by atoms with E-state index in [0.29, 0.717) is 6.04 Å². The largest absolute Gasteiger partial charge is 0.328 e. The van der Waals surface area contributed by atoms with E-state index < -0.39 is 0 Å². The zero-order valence-electron chi connectivity index (χ0n) is 9.97. The van der Waals surface area contributed by atoms with Crippen molar-refractivity contribution < 1.29 is 0 Å². The maximum atomic E-state index is 5.95. The van der Waals surface area contributed by atoms with E-state index in [0.717, 1.165) is 11.8 Å². The Bertz CT molecular complexity index is 130. The molecule has 0 atom stereocenters. The molecule has 0 aromatic rings. The first kappa shape index (κ1) is 12.0. The van der Waals surface area contributed by atoms with Crippen LogP contribution in [0.1, 0.15) is 65.2 Å². The fourth-order valence-corrected chi connectivity index (χ4v) is 2.97. The standard InChI is InChI=1S/C13H27N/c1-3-5-11(6-4-2)12-7-9-13(14)10-8-12/h11-13H,3-10,14H2,1-2H3.